The highest BCUT2D eigenvalue weighted by molar-refractivity contribution is 7.80. The Morgan fingerprint density at radius 1 is 1.40 bits per heavy atom. The van der Waals surface area contributed by atoms with Crippen molar-refractivity contribution in [3.05, 3.63) is 29.3 Å². The van der Waals surface area contributed by atoms with Crippen molar-refractivity contribution in [2.45, 2.75) is 19.9 Å². The summed E-state index contributed by atoms with van der Waals surface area (Å²) in [6, 6.07) is 6.35. The number of hydrogen-bond donors (Lipinski definition) is 2. The Labute approximate surface area is 97.4 Å². The van der Waals surface area contributed by atoms with Gasteiger partial charge in [0, 0.05) is 24.4 Å². The van der Waals surface area contributed by atoms with Crippen molar-refractivity contribution in [1.29, 1.82) is 0 Å². The van der Waals surface area contributed by atoms with E-state index in [1.165, 1.54) is 11.1 Å². The van der Waals surface area contributed by atoms with E-state index in [-0.39, 0.29) is 0 Å². The lowest BCUT2D eigenvalue weighted by Crippen LogP contribution is -2.16. The molecule has 0 aliphatic heterocycles. The highest BCUT2D eigenvalue weighted by Gasteiger charge is 2.02. The van der Waals surface area contributed by atoms with Crippen LogP contribution in [-0.2, 0) is 13.0 Å². The van der Waals surface area contributed by atoms with E-state index in [0.717, 1.165) is 31.0 Å². The fourth-order valence-corrected chi connectivity index (χ4v) is 1.65. The minimum Gasteiger partial charge on any atom is -0.496 e. The van der Waals surface area contributed by atoms with Gasteiger partial charge < -0.3 is 10.1 Å². The molecule has 84 valence electrons. The van der Waals surface area contributed by atoms with Crippen LogP contribution in [0.15, 0.2) is 18.2 Å². The van der Waals surface area contributed by atoms with Crippen molar-refractivity contribution in [3.8, 4) is 5.75 Å². The fourth-order valence-electron chi connectivity index (χ4n) is 1.49. The van der Waals surface area contributed by atoms with Crippen LogP contribution in [0.25, 0.3) is 0 Å². The van der Waals surface area contributed by atoms with Gasteiger partial charge in [0.05, 0.1) is 7.11 Å². The summed E-state index contributed by atoms with van der Waals surface area (Å²) in [5, 5.41) is 3.32. The zero-order valence-corrected chi connectivity index (χ0v) is 10.3. The minimum absolute atomic E-state index is 0.845. The highest BCUT2D eigenvalue weighted by atomic mass is 32.1. The Balaban J connectivity index is 2.72. The summed E-state index contributed by atoms with van der Waals surface area (Å²) in [7, 11) is 1.71. The van der Waals surface area contributed by atoms with Gasteiger partial charge in [-0.3, -0.25) is 0 Å². The molecule has 0 saturated carbocycles. The molecule has 0 spiro atoms. The number of methoxy groups -OCH3 is 1. The third-order valence-electron chi connectivity index (χ3n) is 2.36. The van der Waals surface area contributed by atoms with Crippen molar-refractivity contribution in [2.75, 3.05) is 19.4 Å². The molecular weight excluding hydrogens is 206 g/mol. The molecule has 0 aromatic heterocycles. The summed E-state index contributed by atoms with van der Waals surface area (Å²) >= 11 is 4.16. The molecule has 0 amide bonds. The van der Waals surface area contributed by atoms with Crippen molar-refractivity contribution in [3.63, 3.8) is 0 Å². The van der Waals surface area contributed by atoms with Crippen molar-refractivity contribution < 1.29 is 4.74 Å². The van der Waals surface area contributed by atoms with Crippen LogP contribution in [0.1, 0.15) is 18.1 Å². The lowest BCUT2D eigenvalue weighted by molar-refractivity contribution is 0.408. The van der Waals surface area contributed by atoms with Crippen LogP contribution in [0, 0.1) is 0 Å². The first-order chi connectivity index (χ1) is 7.31. The van der Waals surface area contributed by atoms with Gasteiger partial charge in [-0.25, -0.2) is 0 Å². The first kappa shape index (κ1) is 12.4. The van der Waals surface area contributed by atoms with Gasteiger partial charge >= 0.3 is 0 Å². The molecule has 0 bridgehead atoms. The Kier molecular flexibility index (Phi) is 5.58. The summed E-state index contributed by atoms with van der Waals surface area (Å²) in [6.07, 6.45) is 1.06. The van der Waals surface area contributed by atoms with Crippen molar-refractivity contribution >= 4 is 12.6 Å². The first-order valence-electron chi connectivity index (χ1n) is 5.29. The van der Waals surface area contributed by atoms with E-state index in [4.69, 9.17) is 4.74 Å². The normalized spacial score (nSPS) is 10.3. The summed E-state index contributed by atoms with van der Waals surface area (Å²) in [5.41, 5.74) is 2.57. The van der Waals surface area contributed by atoms with E-state index in [1.54, 1.807) is 7.11 Å². The van der Waals surface area contributed by atoms with Gasteiger partial charge in [0.1, 0.15) is 5.75 Å². The smallest absolute Gasteiger partial charge is 0.123 e. The Morgan fingerprint density at radius 3 is 2.80 bits per heavy atom. The van der Waals surface area contributed by atoms with Crippen LogP contribution in [0.5, 0.6) is 5.75 Å². The van der Waals surface area contributed by atoms with E-state index in [9.17, 15) is 0 Å². The van der Waals surface area contributed by atoms with Crippen molar-refractivity contribution in [1.82, 2.24) is 5.32 Å². The third-order valence-corrected chi connectivity index (χ3v) is 2.58. The van der Waals surface area contributed by atoms with Crippen molar-refractivity contribution in [2.24, 2.45) is 0 Å². The average Bonchev–Trinajstić information content (AvgIpc) is 2.29. The standard InChI is InChI=1S/C12H19NOS/c1-3-10-4-5-12(14-2)11(8-10)9-13-6-7-15/h4-5,8,13,15H,3,6-7,9H2,1-2H3. The summed E-state index contributed by atoms with van der Waals surface area (Å²) < 4.78 is 5.32. The predicted octanol–water partition coefficient (Wildman–Crippen LogP) is 2.28. The van der Waals surface area contributed by atoms with E-state index in [2.05, 4.69) is 37.0 Å². The number of thiol groups is 1. The molecule has 0 fully saturated rings. The number of benzene rings is 1. The molecule has 0 heterocycles. The maximum atomic E-state index is 5.32. The molecule has 3 heteroatoms. The van der Waals surface area contributed by atoms with Gasteiger partial charge in [-0.2, -0.15) is 12.6 Å². The van der Waals surface area contributed by atoms with Gasteiger partial charge in [0.25, 0.3) is 0 Å². The molecule has 2 nitrogen and oxygen atoms in total. The molecule has 15 heavy (non-hydrogen) atoms. The lowest BCUT2D eigenvalue weighted by atomic mass is 10.1. The molecule has 1 aromatic carbocycles. The summed E-state index contributed by atoms with van der Waals surface area (Å²) in [6.45, 7) is 3.92. The lowest BCUT2D eigenvalue weighted by Gasteiger charge is -2.10. The average molecular weight is 225 g/mol. The molecule has 1 N–H and O–H groups in total. The molecule has 1 aromatic rings. The predicted molar refractivity (Wildman–Crippen MR) is 67.9 cm³/mol. The topological polar surface area (TPSA) is 21.3 Å². The van der Waals surface area contributed by atoms with Gasteiger partial charge in [-0.05, 0) is 18.1 Å². The van der Waals surface area contributed by atoms with Gasteiger partial charge in [0.2, 0.25) is 0 Å². The minimum atomic E-state index is 0.845. The quantitative estimate of drug-likeness (QED) is 0.572. The Morgan fingerprint density at radius 2 is 2.20 bits per heavy atom. The van der Waals surface area contributed by atoms with Crippen LogP contribution in [0.2, 0.25) is 0 Å². The number of nitrogens with one attached hydrogen (secondary N) is 1. The summed E-state index contributed by atoms with van der Waals surface area (Å²) in [4.78, 5) is 0. The largest absolute Gasteiger partial charge is 0.496 e. The van der Waals surface area contributed by atoms with Crippen LogP contribution < -0.4 is 10.1 Å². The maximum absolute atomic E-state index is 5.32. The van der Waals surface area contributed by atoms with Crippen LogP contribution >= 0.6 is 12.6 Å². The van der Waals surface area contributed by atoms with Crippen LogP contribution in [0.4, 0.5) is 0 Å². The van der Waals surface area contributed by atoms with Crippen LogP contribution in [0.3, 0.4) is 0 Å². The van der Waals surface area contributed by atoms with E-state index in [1.807, 2.05) is 6.07 Å². The van der Waals surface area contributed by atoms with Crippen LogP contribution in [-0.4, -0.2) is 19.4 Å². The highest BCUT2D eigenvalue weighted by Crippen LogP contribution is 2.19. The number of hydrogen-bond acceptors (Lipinski definition) is 3. The second kappa shape index (κ2) is 6.75. The Bertz CT molecular complexity index is 302. The molecule has 0 saturated heterocycles. The summed E-state index contributed by atoms with van der Waals surface area (Å²) in [5.74, 6) is 1.81. The number of aryl methyl sites for hydroxylation is 1. The zero-order chi connectivity index (χ0) is 11.1. The Hall–Kier alpha value is -0.670. The fraction of sp³-hybridized carbons (Fsp3) is 0.500. The van der Waals surface area contributed by atoms with Gasteiger partial charge in [-0.1, -0.05) is 19.1 Å². The SMILES string of the molecule is CCc1ccc(OC)c(CNCCS)c1. The number of rotatable bonds is 6. The van der Waals surface area contributed by atoms with E-state index >= 15 is 0 Å². The molecule has 1 rings (SSSR count). The molecule has 0 unspecified atom stereocenters. The third kappa shape index (κ3) is 3.76. The number of ether oxygens (including phenoxy) is 1. The molecule has 0 aliphatic carbocycles. The van der Waals surface area contributed by atoms with Gasteiger partial charge in [-0.15, -0.1) is 0 Å². The zero-order valence-electron chi connectivity index (χ0n) is 9.42. The molecule has 0 atom stereocenters. The molecule has 0 aliphatic rings. The van der Waals surface area contributed by atoms with E-state index in [0.29, 0.717) is 0 Å². The van der Waals surface area contributed by atoms with E-state index < -0.39 is 0 Å². The molecular formula is C12H19NOS. The van der Waals surface area contributed by atoms with Gasteiger partial charge in [0.15, 0.2) is 0 Å². The maximum Gasteiger partial charge on any atom is 0.123 e. The first-order valence-corrected chi connectivity index (χ1v) is 5.92. The second-order valence-corrected chi connectivity index (χ2v) is 3.85. The monoisotopic (exact) mass is 225 g/mol. The second-order valence-electron chi connectivity index (χ2n) is 3.40. The molecule has 0 radical (unpaired) electrons.